The number of halogens is 1. The van der Waals surface area contributed by atoms with E-state index in [1.807, 2.05) is 30.3 Å². The van der Waals surface area contributed by atoms with Crippen LogP contribution in [0.15, 0.2) is 49.1 Å². The van der Waals surface area contributed by atoms with Crippen LogP contribution in [0.4, 0.5) is 5.95 Å². The summed E-state index contributed by atoms with van der Waals surface area (Å²) in [6.07, 6.45) is 6.09. The Morgan fingerprint density at radius 3 is 2.84 bits per heavy atom. The normalized spacial score (nSPS) is 17.0. The van der Waals surface area contributed by atoms with E-state index in [4.69, 9.17) is 16.7 Å². The van der Waals surface area contributed by atoms with E-state index >= 15 is 0 Å². The maximum Gasteiger partial charge on any atom is 0.226 e. The zero-order valence-electron chi connectivity index (χ0n) is 13.2. The molecule has 0 aromatic carbocycles. The van der Waals surface area contributed by atoms with Crippen LogP contribution >= 0.6 is 11.6 Å². The van der Waals surface area contributed by atoms with Gasteiger partial charge in [-0.15, -0.1) is 0 Å². The number of anilines is 1. The van der Waals surface area contributed by atoms with Gasteiger partial charge >= 0.3 is 0 Å². The molecule has 4 aromatic rings. The van der Waals surface area contributed by atoms with Gasteiger partial charge in [0, 0.05) is 31.1 Å². The van der Waals surface area contributed by atoms with E-state index in [0.717, 1.165) is 35.6 Å². The molecule has 0 aliphatic carbocycles. The van der Waals surface area contributed by atoms with E-state index < -0.39 is 0 Å². The maximum absolute atomic E-state index is 6.28. The number of nitrogens with zero attached hydrogens (tertiary/aromatic N) is 6. The van der Waals surface area contributed by atoms with Gasteiger partial charge in [0.05, 0.1) is 23.2 Å². The first-order valence-corrected chi connectivity index (χ1v) is 8.39. The number of imidazole rings is 1. The monoisotopic (exact) mass is 351 g/mol. The third-order valence-corrected chi connectivity index (χ3v) is 4.76. The summed E-state index contributed by atoms with van der Waals surface area (Å²) in [5.41, 5.74) is 3.89. The maximum atomic E-state index is 6.28. The lowest BCUT2D eigenvalue weighted by Crippen LogP contribution is -2.37. The Bertz CT molecular complexity index is 1040. The average molecular weight is 352 g/mol. The summed E-state index contributed by atoms with van der Waals surface area (Å²) in [7, 11) is 0. The Kier molecular flexibility index (Phi) is 3.21. The average Bonchev–Trinajstić information content (AvgIpc) is 3.29. The minimum atomic E-state index is -0.159. The lowest BCUT2D eigenvalue weighted by atomic mass is 10.0. The van der Waals surface area contributed by atoms with Gasteiger partial charge in [0.2, 0.25) is 5.95 Å². The van der Waals surface area contributed by atoms with Crippen molar-refractivity contribution in [3.05, 3.63) is 71.3 Å². The molecule has 124 valence electrons. The Morgan fingerprint density at radius 1 is 1.12 bits per heavy atom. The van der Waals surface area contributed by atoms with Crippen molar-refractivity contribution < 1.29 is 0 Å². The van der Waals surface area contributed by atoms with Crippen LogP contribution in [0.2, 0.25) is 5.15 Å². The fraction of sp³-hybridized carbons (Fsp3) is 0.176. The number of aromatic amines is 1. The van der Waals surface area contributed by atoms with Crippen LogP contribution in [0.25, 0.3) is 5.52 Å². The summed E-state index contributed by atoms with van der Waals surface area (Å²) in [5.74, 6) is 0.671. The zero-order valence-corrected chi connectivity index (χ0v) is 13.9. The van der Waals surface area contributed by atoms with E-state index in [9.17, 15) is 0 Å². The largest absolute Gasteiger partial charge is 0.348 e. The van der Waals surface area contributed by atoms with Crippen LogP contribution in [-0.2, 0) is 6.42 Å². The van der Waals surface area contributed by atoms with E-state index in [0.29, 0.717) is 11.1 Å². The first kappa shape index (κ1) is 14.4. The molecule has 4 aromatic heterocycles. The Hall–Kier alpha value is -2.93. The van der Waals surface area contributed by atoms with Crippen LogP contribution in [-0.4, -0.2) is 36.1 Å². The van der Waals surface area contributed by atoms with Crippen LogP contribution in [0.3, 0.4) is 0 Å². The molecule has 5 rings (SSSR count). The van der Waals surface area contributed by atoms with Crippen molar-refractivity contribution in [2.75, 3.05) is 11.4 Å². The highest BCUT2D eigenvalue weighted by molar-refractivity contribution is 6.29. The number of fused-ring (bicyclic) bond motifs is 2. The van der Waals surface area contributed by atoms with Crippen molar-refractivity contribution >= 4 is 23.1 Å². The molecule has 0 saturated heterocycles. The number of pyridine rings is 1. The highest BCUT2D eigenvalue weighted by Gasteiger charge is 2.34. The van der Waals surface area contributed by atoms with E-state index in [2.05, 4.69) is 24.8 Å². The van der Waals surface area contributed by atoms with Gasteiger partial charge in [-0.2, -0.15) is 5.10 Å². The van der Waals surface area contributed by atoms with Crippen LogP contribution in [0.1, 0.15) is 23.1 Å². The minimum Gasteiger partial charge on any atom is -0.348 e. The summed E-state index contributed by atoms with van der Waals surface area (Å²) >= 11 is 6.28. The molecule has 1 atom stereocenters. The Balaban J connectivity index is 1.70. The molecular formula is C17H14ClN7. The number of aromatic nitrogens is 6. The number of rotatable bonds is 2. The number of hydrogen-bond donors (Lipinski definition) is 1. The zero-order chi connectivity index (χ0) is 16.8. The fourth-order valence-electron chi connectivity index (χ4n) is 3.37. The van der Waals surface area contributed by atoms with Crippen LogP contribution < -0.4 is 4.90 Å². The smallest absolute Gasteiger partial charge is 0.226 e. The van der Waals surface area contributed by atoms with E-state index in [1.165, 1.54) is 0 Å². The van der Waals surface area contributed by atoms with Gasteiger partial charge in [-0.05, 0) is 24.3 Å². The predicted octanol–water partition coefficient (Wildman–Crippen LogP) is 2.65. The molecule has 0 unspecified atom stereocenters. The molecule has 5 heterocycles. The van der Waals surface area contributed by atoms with E-state index in [1.54, 1.807) is 23.2 Å². The van der Waals surface area contributed by atoms with Gasteiger partial charge in [0.1, 0.15) is 11.2 Å². The third-order valence-electron chi connectivity index (χ3n) is 4.47. The van der Waals surface area contributed by atoms with Gasteiger partial charge in [0.25, 0.3) is 0 Å². The second kappa shape index (κ2) is 5.56. The molecule has 7 nitrogen and oxygen atoms in total. The minimum absolute atomic E-state index is 0.159. The lowest BCUT2D eigenvalue weighted by molar-refractivity contribution is 0.602. The molecule has 25 heavy (non-hydrogen) atoms. The summed E-state index contributed by atoms with van der Waals surface area (Å²) in [5, 5.41) is 5.30. The molecule has 8 heteroatoms. The van der Waals surface area contributed by atoms with Crippen molar-refractivity contribution in [3.63, 3.8) is 0 Å². The standard InChI is InChI=1S/C17H14ClN7/c18-14-4-1-3-11-9-13(23-25(11)14)16-15-12(21-10-22-15)5-8-24(16)17-19-6-2-7-20-17/h1-4,6-7,9-10,16H,5,8H2,(H,21,22)/t16-/m1/s1. The number of nitrogens with one attached hydrogen (secondary N) is 1. The summed E-state index contributed by atoms with van der Waals surface area (Å²) < 4.78 is 1.74. The first-order valence-electron chi connectivity index (χ1n) is 8.01. The fourth-order valence-corrected chi connectivity index (χ4v) is 3.57. The summed E-state index contributed by atoms with van der Waals surface area (Å²) in [6, 6.07) is 9.42. The molecule has 0 bridgehead atoms. The molecule has 1 aliphatic rings. The molecule has 1 aliphatic heterocycles. The Morgan fingerprint density at radius 2 is 2.00 bits per heavy atom. The van der Waals surface area contributed by atoms with Crippen molar-refractivity contribution in [1.82, 2.24) is 29.5 Å². The molecular weight excluding hydrogens is 338 g/mol. The molecule has 0 radical (unpaired) electrons. The van der Waals surface area contributed by atoms with Crippen molar-refractivity contribution in [2.45, 2.75) is 12.5 Å². The first-order chi connectivity index (χ1) is 12.3. The molecule has 0 saturated carbocycles. The second-order valence-electron chi connectivity index (χ2n) is 5.92. The third kappa shape index (κ3) is 2.27. The topological polar surface area (TPSA) is 75.0 Å². The molecule has 1 N–H and O–H groups in total. The predicted molar refractivity (Wildman–Crippen MR) is 93.7 cm³/mol. The molecule has 0 amide bonds. The molecule has 0 fully saturated rings. The van der Waals surface area contributed by atoms with Gasteiger partial charge in [-0.3, -0.25) is 0 Å². The van der Waals surface area contributed by atoms with Crippen LogP contribution in [0, 0.1) is 0 Å². The van der Waals surface area contributed by atoms with Crippen molar-refractivity contribution in [2.24, 2.45) is 0 Å². The SMILES string of the molecule is Clc1cccc2cc([C@@H]3c4nc[nH]c4CCN3c3ncccn3)nn12. The second-order valence-corrected chi connectivity index (χ2v) is 6.30. The van der Waals surface area contributed by atoms with Crippen LogP contribution in [0.5, 0.6) is 0 Å². The number of H-pyrrole nitrogens is 1. The highest BCUT2D eigenvalue weighted by Crippen LogP contribution is 2.35. The Labute approximate surface area is 148 Å². The molecule has 0 spiro atoms. The van der Waals surface area contributed by atoms with E-state index in [-0.39, 0.29) is 6.04 Å². The van der Waals surface area contributed by atoms with Crippen molar-refractivity contribution in [3.8, 4) is 0 Å². The quantitative estimate of drug-likeness (QED) is 0.562. The summed E-state index contributed by atoms with van der Waals surface area (Å²) in [4.78, 5) is 18.8. The lowest BCUT2D eigenvalue weighted by Gasteiger charge is -2.33. The number of hydrogen-bond acceptors (Lipinski definition) is 5. The van der Waals surface area contributed by atoms with Gasteiger partial charge in [0.15, 0.2) is 0 Å². The summed E-state index contributed by atoms with van der Waals surface area (Å²) in [6.45, 7) is 0.783. The van der Waals surface area contributed by atoms with Gasteiger partial charge in [-0.25, -0.2) is 19.5 Å². The van der Waals surface area contributed by atoms with Gasteiger partial charge in [-0.1, -0.05) is 17.7 Å². The van der Waals surface area contributed by atoms with Crippen molar-refractivity contribution in [1.29, 1.82) is 0 Å². The highest BCUT2D eigenvalue weighted by atomic mass is 35.5. The van der Waals surface area contributed by atoms with Gasteiger partial charge < -0.3 is 9.88 Å².